The monoisotopic (exact) mass is 285 g/mol. The zero-order valence-corrected chi connectivity index (χ0v) is 11.0. The van der Waals surface area contributed by atoms with Crippen molar-refractivity contribution in [3.63, 3.8) is 0 Å². The third-order valence-electron chi connectivity index (χ3n) is 3.05. The third-order valence-corrected chi connectivity index (χ3v) is 3.05. The number of anilines is 1. The smallest absolute Gasteiger partial charge is 0.351 e. The van der Waals surface area contributed by atoms with Crippen LogP contribution in [-0.2, 0) is 14.3 Å². The second-order valence-electron chi connectivity index (χ2n) is 4.55. The van der Waals surface area contributed by atoms with Crippen molar-refractivity contribution in [1.82, 2.24) is 14.9 Å². The number of amides is 1. The maximum Gasteiger partial charge on any atom is 0.351 e. The minimum atomic E-state index is -1.44. The highest BCUT2D eigenvalue weighted by atomic mass is 16.5. The van der Waals surface area contributed by atoms with Gasteiger partial charge in [0, 0.05) is 26.6 Å². The van der Waals surface area contributed by atoms with Gasteiger partial charge in [-0.1, -0.05) is 0 Å². The van der Waals surface area contributed by atoms with E-state index >= 15 is 0 Å². The van der Waals surface area contributed by atoms with Gasteiger partial charge in [0.15, 0.2) is 0 Å². The number of rotatable bonds is 4. The minimum Gasteiger partial charge on any atom is -0.383 e. The summed E-state index contributed by atoms with van der Waals surface area (Å²) in [5, 5.41) is 2.72. The molecule has 110 valence electrons. The fourth-order valence-electron chi connectivity index (χ4n) is 2.21. The molecule has 0 radical (unpaired) electrons. The van der Waals surface area contributed by atoms with Crippen molar-refractivity contribution in [2.75, 3.05) is 19.4 Å². The van der Waals surface area contributed by atoms with Gasteiger partial charge in [0.05, 0.1) is 15.4 Å². The van der Waals surface area contributed by atoms with Crippen LogP contribution in [0.15, 0.2) is 17.1 Å². The number of nitrogen functional groups attached to an aromatic ring is 1. The van der Waals surface area contributed by atoms with Crippen molar-refractivity contribution in [2.24, 2.45) is 0 Å². The van der Waals surface area contributed by atoms with Gasteiger partial charge in [0.2, 0.25) is 5.91 Å². The van der Waals surface area contributed by atoms with Crippen molar-refractivity contribution in [1.29, 1.82) is 0 Å². The van der Waals surface area contributed by atoms with E-state index in [1.54, 1.807) is 0 Å². The fraction of sp³-hybridized carbons (Fsp3) is 0.583. The van der Waals surface area contributed by atoms with Crippen molar-refractivity contribution in [2.45, 2.75) is 31.7 Å². The number of nitrogens with one attached hydrogen (secondary N) is 1. The van der Waals surface area contributed by atoms with Crippen LogP contribution in [0.25, 0.3) is 0 Å². The molecule has 20 heavy (non-hydrogen) atoms. The molecule has 2 rings (SSSR count). The van der Waals surface area contributed by atoms with Gasteiger partial charge in [-0.15, -0.1) is 0 Å². The fourth-order valence-corrected chi connectivity index (χ4v) is 2.21. The van der Waals surface area contributed by atoms with Crippen molar-refractivity contribution in [3.05, 3.63) is 22.7 Å². The van der Waals surface area contributed by atoms with Crippen LogP contribution in [0.5, 0.6) is 0 Å². The average molecular weight is 285 g/mol. The normalized spacial score (nSPS) is 28.6. The van der Waals surface area contributed by atoms with E-state index in [0.29, 0.717) is 6.42 Å². The topological polar surface area (TPSA) is 108 Å². The highest BCUT2D eigenvalue weighted by molar-refractivity contribution is 5.73. The molecular formula is C12H18N4O4. The SMILES string of the molecule is [2H]C([3H])OC[C@H]1O[C@@H](n2ccc(N)nc2=O)C[C@H]1NC(C)=O. The largest absolute Gasteiger partial charge is 0.383 e. The van der Waals surface area contributed by atoms with E-state index in [1.165, 1.54) is 23.8 Å². The lowest BCUT2D eigenvalue weighted by Gasteiger charge is -2.17. The molecule has 1 amide bonds. The molecule has 1 fully saturated rings. The molecule has 0 aliphatic carbocycles. The van der Waals surface area contributed by atoms with Crippen LogP contribution in [0, 0.1) is 0 Å². The molecular weight excluding hydrogens is 264 g/mol. The Labute approximate surface area is 118 Å². The van der Waals surface area contributed by atoms with Crippen LogP contribution in [0.3, 0.4) is 0 Å². The first-order valence-corrected chi connectivity index (χ1v) is 6.10. The molecule has 0 bridgehead atoms. The number of ether oxygens (including phenoxy) is 2. The molecule has 3 N–H and O–H groups in total. The maximum atomic E-state index is 11.8. The van der Waals surface area contributed by atoms with E-state index in [9.17, 15) is 9.59 Å². The Hall–Kier alpha value is -1.93. The lowest BCUT2D eigenvalue weighted by molar-refractivity contribution is -0.120. The molecule has 1 aromatic heterocycles. The number of hydrogen-bond acceptors (Lipinski definition) is 6. The Kier molecular flexibility index (Phi) is 3.57. The highest BCUT2D eigenvalue weighted by Gasteiger charge is 2.37. The molecule has 0 spiro atoms. The van der Waals surface area contributed by atoms with Crippen LogP contribution < -0.4 is 16.7 Å². The highest BCUT2D eigenvalue weighted by Crippen LogP contribution is 2.27. The van der Waals surface area contributed by atoms with Crippen molar-refractivity contribution < 1.29 is 17.0 Å². The Morgan fingerprint density at radius 1 is 1.90 bits per heavy atom. The number of carbonyl (C=O) groups excluding carboxylic acids is 1. The Balaban J connectivity index is 2.14. The second kappa shape index (κ2) is 6.02. The molecule has 0 saturated carbocycles. The van der Waals surface area contributed by atoms with Crippen LogP contribution in [0.1, 0.15) is 22.3 Å². The lowest BCUT2D eigenvalue weighted by atomic mass is 10.1. The van der Waals surface area contributed by atoms with E-state index in [-0.39, 0.29) is 24.4 Å². The summed E-state index contributed by atoms with van der Waals surface area (Å²) in [6.07, 6.45) is 0.638. The molecule has 2 heterocycles. The number of nitrogens with two attached hydrogens (primary N) is 1. The molecule has 1 aliphatic rings. The van der Waals surface area contributed by atoms with E-state index in [1.807, 2.05) is 0 Å². The van der Waals surface area contributed by atoms with Gasteiger partial charge in [0.25, 0.3) is 0 Å². The number of methoxy groups -OCH3 is 1. The average Bonchev–Trinajstić information content (AvgIpc) is 2.78. The molecule has 1 aliphatic heterocycles. The van der Waals surface area contributed by atoms with E-state index in [2.05, 4.69) is 10.3 Å². The van der Waals surface area contributed by atoms with Crippen LogP contribution in [0.2, 0.25) is 0 Å². The van der Waals surface area contributed by atoms with Crippen LogP contribution in [0.4, 0.5) is 5.82 Å². The number of carbonyl (C=O) groups is 1. The number of hydrogen-bond donors (Lipinski definition) is 2. The van der Waals surface area contributed by atoms with Gasteiger partial charge >= 0.3 is 5.69 Å². The van der Waals surface area contributed by atoms with Gasteiger partial charge in [-0.3, -0.25) is 9.36 Å². The molecule has 1 saturated heterocycles. The number of aromatic nitrogens is 2. The standard InChI is InChI=1S/C12H18N4O4/c1-7(17)14-8-5-11(20-9(8)6-19-2)16-4-3-10(13)15-12(16)18/h3-4,8-9,11H,5-6H2,1-2H3,(H,14,17)(H2,13,15,18)/t8-,9-,11-/m1/s1/i2TD/t2?,8-,9-,11-. The first-order valence-electron chi connectivity index (χ1n) is 7.25. The van der Waals surface area contributed by atoms with E-state index in [0.717, 1.165) is 0 Å². The lowest BCUT2D eigenvalue weighted by Crippen LogP contribution is -2.41. The van der Waals surface area contributed by atoms with Crippen LogP contribution in [-0.4, -0.2) is 41.3 Å². The summed E-state index contributed by atoms with van der Waals surface area (Å²) in [7, 11) is -1.44. The van der Waals surface area contributed by atoms with Gasteiger partial charge in [-0.25, -0.2) is 4.79 Å². The Morgan fingerprint density at radius 3 is 3.35 bits per heavy atom. The predicted octanol–water partition coefficient (Wildman–Crippen LogP) is -0.736. The van der Waals surface area contributed by atoms with Crippen molar-refractivity contribution in [3.8, 4) is 0 Å². The second-order valence-corrected chi connectivity index (χ2v) is 4.55. The minimum absolute atomic E-state index is 0.0315. The zero-order chi connectivity index (χ0) is 16.3. The summed E-state index contributed by atoms with van der Waals surface area (Å²) in [5.41, 5.74) is 4.89. The summed E-state index contributed by atoms with van der Waals surface area (Å²) in [6, 6.07) is 1.09. The summed E-state index contributed by atoms with van der Waals surface area (Å²) in [4.78, 5) is 26.7. The first-order chi connectivity index (χ1) is 10.4. The Bertz CT molecular complexity index is 595. The predicted molar refractivity (Wildman–Crippen MR) is 70.9 cm³/mol. The zero-order valence-electron chi connectivity index (χ0n) is 13.0. The van der Waals surface area contributed by atoms with Gasteiger partial charge in [-0.05, 0) is 6.07 Å². The van der Waals surface area contributed by atoms with Crippen molar-refractivity contribution >= 4 is 11.7 Å². The number of nitrogens with zero attached hydrogens (tertiary/aromatic N) is 2. The third kappa shape index (κ3) is 3.14. The molecule has 4 atom stereocenters. The van der Waals surface area contributed by atoms with Gasteiger partial charge < -0.3 is 20.5 Å². The summed E-state index contributed by atoms with van der Waals surface area (Å²) < 4.78 is 26.0. The Morgan fingerprint density at radius 2 is 2.70 bits per heavy atom. The quantitative estimate of drug-likeness (QED) is 0.754. The van der Waals surface area contributed by atoms with Gasteiger partial charge in [0.1, 0.15) is 18.1 Å². The summed E-state index contributed by atoms with van der Waals surface area (Å²) >= 11 is 0. The van der Waals surface area contributed by atoms with Gasteiger partial charge in [-0.2, -0.15) is 4.98 Å². The molecule has 1 unspecified atom stereocenters. The maximum absolute atomic E-state index is 11.8. The van der Waals surface area contributed by atoms with E-state index in [4.69, 9.17) is 17.9 Å². The molecule has 8 heteroatoms. The summed E-state index contributed by atoms with van der Waals surface area (Å²) in [5.74, 6) is -0.126. The summed E-state index contributed by atoms with van der Waals surface area (Å²) in [6.45, 7) is 1.34. The van der Waals surface area contributed by atoms with E-state index < -0.39 is 25.1 Å². The molecule has 1 aromatic rings. The molecule has 8 nitrogen and oxygen atoms in total. The molecule has 0 aromatic carbocycles. The van der Waals surface area contributed by atoms with Crippen LogP contribution >= 0.6 is 0 Å². The first kappa shape index (κ1) is 11.9.